The summed E-state index contributed by atoms with van der Waals surface area (Å²) < 4.78 is 2.18. The van der Waals surface area contributed by atoms with Crippen molar-refractivity contribution in [1.82, 2.24) is 24.6 Å². The molecule has 0 amide bonds. The third-order valence-electron chi connectivity index (χ3n) is 3.60. The average Bonchev–Trinajstić information content (AvgIpc) is 2.90. The molecule has 5 nitrogen and oxygen atoms in total. The first-order chi connectivity index (χ1) is 10.6. The van der Waals surface area contributed by atoms with Crippen LogP contribution < -0.4 is 0 Å². The van der Waals surface area contributed by atoms with Crippen LogP contribution in [0.1, 0.15) is 6.42 Å². The van der Waals surface area contributed by atoms with Gasteiger partial charge >= 0.3 is 0 Å². The fourth-order valence-corrected chi connectivity index (χ4v) is 3.60. The highest BCUT2D eigenvalue weighted by Gasteiger charge is 2.22. The Balaban J connectivity index is 1.74. The van der Waals surface area contributed by atoms with Crippen molar-refractivity contribution < 1.29 is 0 Å². The van der Waals surface area contributed by atoms with Gasteiger partial charge in [0, 0.05) is 17.1 Å². The van der Waals surface area contributed by atoms with Crippen LogP contribution in [0.3, 0.4) is 0 Å². The lowest BCUT2D eigenvalue weighted by Crippen LogP contribution is -2.32. The molecule has 1 aliphatic rings. The minimum absolute atomic E-state index is 0.723. The highest BCUT2D eigenvalue weighted by Crippen LogP contribution is 2.29. The standard InChI is InChI=1S/C15H20ClN5S/c1-19(2)7-4-8-20-10-21-14(17-18-15(21)22-11-20)12-5-3-6-13(16)9-12/h3,5-6,9H,4,7-8,10-11H2,1-2H3. The van der Waals surface area contributed by atoms with Gasteiger partial charge in [-0.3, -0.25) is 9.47 Å². The molecule has 1 aromatic carbocycles. The highest BCUT2D eigenvalue weighted by molar-refractivity contribution is 7.99. The van der Waals surface area contributed by atoms with Gasteiger partial charge in [-0.2, -0.15) is 0 Å². The molecular formula is C15H20ClN5S. The van der Waals surface area contributed by atoms with Crippen LogP contribution in [0.25, 0.3) is 11.4 Å². The van der Waals surface area contributed by atoms with E-state index in [2.05, 4.69) is 38.7 Å². The van der Waals surface area contributed by atoms with E-state index in [1.54, 1.807) is 11.8 Å². The molecule has 0 aliphatic carbocycles. The number of thioether (sulfide) groups is 1. The molecule has 0 saturated carbocycles. The molecule has 0 atom stereocenters. The predicted octanol–water partition coefficient (Wildman–Crippen LogP) is 2.87. The average molecular weight is 338 g/mol. The van der Waals surface area contributed by atoms with Gasteiger partial charge in [0.05, 0.1) is 12.5 Å². The van der Waals surface area contributed by atoms with Gasteiger partial charge in [-0.1, -0.05) is 35.5 Å². The molecular weight excluding hydrogens is 318 g/mol. The van der Waals surface area contributed by atoms with Crippen molar-refractivity contribution in [3.8, 4) is 11.4 Å². The zero-order valence-corrected chi connectivity index (χ0v) is 14.4. The summed E-state index contributed by atoms with van der Waals surface area (Å²) in [7, 11) is 4.22. The van der Waals surface area contributed by atoms with Crippen molar-refractivity contribution in [3.05, 3.63) is 29.3 Å². The molecule has 3 rings (SSSR count). The van der Waals surface area contributed by atoms with Gasteiger partial charge in [-0.05, 0) is 39.2 Å². The molecule has 0 saturated heterocycles. The molecule has 22 heavy (non-hydrogen) atoms. The fourth-order valence-electron chi connectivity index (χ4n) is 2.50. The van der Waals surface area contributed by atoms with E-state index in [0.717, 1.165) is 53.6 Å². The first-order valence-corrected chi connectivity index (χ1v) is 8.69. The number of benzene rings is 1. The summed E-state index contributed by atoms with van der Waals surface area (Å²) >= 11 is 7.84. The monoisotopic (exact) mass is 337 g/mol. The van der Waals surface area contributed by atoms with Crippen LogP contribution in [0, 0.1) is 0 Å². The molecule has 0 radical (unpaired) electrons. The molecule has 2 aromatic rings. The van der Waals surface area contributed by atoms with Crippen molar-refractivity contribution in [3.63, 3.8) is 0 Å². The maximum absolute atomic E-state index is 6.09. The topological polar surface area (TPSA) is 37.2 Å². The molecule has 2 heterocycles. The van der Waals surface area contributed by atoms with Crippen molar-refractivity contribution in [2.24, 2.45) is 0 Å². The molecule has 1 aliphatic heterocycles. The largest absolute Gasteiger partial charge is 0.309 e. The summed E-state index contributed by atoms with van der Waals surface area (Å²) in [6, 6.07) is 7.79. The third-order valence-corrected chi connectivity index (χ3v) is 4.89. The summed E-state index contributed by atoms with van der Waals surface area (Å²) in [5.74, 6) is 1.86. The Labute approximate surface area is 140 Å². The van der Waals surface area contributed by atoms with Crippen molar-refractivity contribution in [2.75, 3.05) is 33.1 Å². The Morgan fingerprint density at radius 1 is 1.32 bits per heavy atom. The van der Waals surface area contributed by atoms with Gasteiger partial charge in [0.25, 0.3) is 0 Å². The fraction of sp³-hybridized carbons (Fsp3) is 0.467. The van der Waals surface area contributed by atoms with Gasteiger partial charge in [-0.25, -0.2) is 0 Å². The number of aromatic nitrogens is 3. The normalized spacial score (nSPS) is 15.3. The smallest absolute Gasteiger partial charge is 0.193 e. The van der Waals surface area contributed by atoms with E-state index in [1.807, 2.05) is 24.3 Å². The SMILES string of the molecule is CN(C)CCCN1CSc2nnc(-c3cccc(Cl)c3)n2C1. The minimum Gasteiger partial charge on any atom is -0.309 e. The van der Waals surface area contributed by atoms with E-state index < -0.39 is 0 Å². The Kier molecular flexibility index (Phi) is 5.03. The minimum atomic E-state index is 0.723. The van der Waals surface area contributed by atoms with E-state index in [1.165, 1.54) is 0 Å². The number of halogens is 1. The lowest BCUT2D eigenvalue weighted by Gasteiger charge is -2.28. The van der Waals surface area contributed by atoms with Crippen molar-refractivity contribution >= 4 is 23.4 Å². The summed E-state index contributed by atoms with van der Waals surface area (Å²) in [6.45, 7) is 3.03. The Morgan fingerprint density at radius 3 is 2.95 bits per heavy atom. The molecule has 0 unspecified atom stereocenters. The van der Waals surface area contributed by atoms with Crippen LogP contribution in [-0.2, 0) is 6.67 Å². The zero-order valence-electron chi connectivity index (χ0n) is 12.9. The van der Waals surface area contributed by atoms with Gasteiger partial charge in [-0.15, -0.1) is 10.2 Å². The lowest BCUT2D eigenvalue weighted by atomic mass is 10.2. The Morgan fingerprint density at radius 2 is 2.18 bits per heavy atom. The van der Waals surface area contributed by atoms with Crippen LogP contribution in [0.15, 0.2) is 29.4 Å². The van der Waals surface area contributed by atoms with Crippen molar-refractivity contribution in [2.45, 2.75) is 18.2 Å². The summed E-state index contributed by atoms with van der Waals surface area (Å²) in [5, 5.41) is 10.4. The Bertz CT molecular complexity index is 643. The van der Waals surface area contributed by atoms with Gasteiger partial charge < -0.3 is 4.90 Å². The van der Waals surface area contributed by atoms with Crippen LogP contribution in [0.2, 0.25) is 5.02 Å². The highest BCUT2D eigenvalue weighted by atomic mass is 35.5. The first-order valence-electron chi connectivity index (χ1n) is 7.32. The number of hydrogen-bond acceptors (Lipinski definition) is 5. The van der Waals surface area contributed by atoms with Crippen LogP contribution in [0.5, 0.6) is 0 Å². The van der Waals surface area contributed by atoms with Crippen LogP contribution in [0.4, 0.5) is 0 Å². The quantitative estimate of drug-likeness (QED) is 0.838. The lowest BCUT2D eigenvalue weighted by molar-refractivity contribution is 0.226. The molecule has 1 aromatic heterocycles. The molecule has 0 spiro atoms. The number of nitrogens with zero attached hydrogens (tertiary/aromatic N) is 5. The molecule has 0 bridgehead atoms. The second-order valence-electron chi connectivity index (χ2n) is 5.71. The maximum atomic E-state index is 6.09. The van der Waals surface area contributed by atoms with Crippen molar-refractivity contribution in [1.29, 1.82) is 0 Å². The van der Waals surface area contributed by atoms with E-state index in [-0.39, 0.29) is 0 Å². The second-order valence-corrected chi connectivity index (χ2v) is 7.06. The summed E-state index contributed by atoms with van der Waals surface area (Å²) in [5.41, 5.74) is 1.02. The molecule has 118 valence electrons. The number of hydrogen-bond donors (Lipinski definition) is 0. The predicted molar refractivity (Wildman–Crippen MR) is 91.1 cm³/mol. The van der Waals surface area contributed by atoms with E-state index in [9.17, 15) is 0 Å². The van der Waals surface area contributed by atoms with Crippen LogP contribution >= 0.6 is 23.4 Å². The summed E-state index contributed by atoms with van der Waals surface area (Å²) in [6.07, 6.45) is 1.16. The van der Waals surface area contributed by atoms with Gasteiger partial charge in [0.15, 0.2) is 11.0 Å². The molecule has 7 heteroatoms. The Hall–Kier alpha value is -1.08. The summed E-state index contributed by atoms with van der Waals surface area (Å²) in [4.78, 5) is 4.65. The number of fused-ring (bicyclic) bond motifs is 1. The molecule has 0 fully saturated rings. The second kappa shape index (κ2) is 7.00. The maximum Gasteiger partial charge on any atom is 0.193 e. The molecule has 0 N–H and O–H groups in total. The van der Waals surface area contributed by atoms with Gasteiger partial charge in [0.2, 0.25) is 0 Å². The van der Waals surface area contributed by atoms with Gasteiger partial charge in [0.1, 0.15) is 0 Å². The first kappa shape index (κ1) is 15.8. The zero-order chi connectivity index (χ0) is 15.5. The third kappa shape index (κ3) is 3.63. The van der Waals surface area contributed by atoms with E-state index >= 15 is 0 Å². The van der Waals surface area contributed by atoms with E-state index in [4.69, 9.17) is 11.6 Å². The number of rotatable bonds is 5. The van der Waals surface area contributed by atoms with E-state index in [0.29, 0.717) is 0 Å². The van der Waals surface area contributed by atoms with Crippen LogP contribution in [-0.4, -0.2) is 57.6 Å².